The van der Waals surface area contributed by atoms with Gasteiger partial charge in [-0.05, 0) is 43.4 Å². The summed E-state index contributed by atoms with van der Waals surface area (Å²) >= 11 is 0. The smallest absolute Gasteiger partial charge is 0.227 e. The van der Waals surface area contributed by atoms with E-state index < -0.39 is 18.2 Å². The SMILES string of the molecule is CCc1cnn([C@H]2C[C@@H](n3cnc4c(NCCc5ccccc5)nc(N[C@@H]5CCNC5)nc43)[C@H](O)[C@@H]2O)c1. The Morgan fingerprint density at radius 3 is 2.68 bits per heavy atom. The number of aliphatic hydroxyl groups excluding tert-OH is 2. The molecule has 0 radical (unpaired) electrons. The third-order valence-electron chi connectivity index (χ3n) is 7.75. The minimum Gasteiger partial charge on any atom is -0.388 e. The lowest BCUT2D eigenvalue weighted by Crippen LogP contribution is -2.30. The van der Waals surface area contributed by atoms with Crippen molar-refractivity contribution in [3.8, 4) is 0 Å². The second-order valence-corrected chi connectivity index (χ2v) is 10.3. The molecule has 1 aliphatic carbocycles. The molecule has 1 saturated carbocycles. The first-order valence-electron chi connectivity index (χ1n) is 13.5. The molecule has 3 aromatic heterocycles. The van der Waals surface area contributed by atoms with Crippen LogP contribution in [0, 0.1) is 0 Å². The van der Waals surface area contributed by atoms with Gasteiger partial charge in [0.25, 0.3) is 0 Å². The zero-order valence-corrected chi connectivity index (χ0v) is 21.5. The standard InChI is InChI=1S/C27H35N9O2/c1-2-17-13-31-36(15-17)21-12-20(23(37)24(21)38)35-16-30-22-25(29-11-8-18-6-4-3-5-7-18)33-27(34-26(22)35)32-19-9-10-28-14-19/h3-7,13,15-16,19-21,23-24,28,37-38H,2,8-12,14H2,1H3,(H2,29,32,33,34)/t19-,20-,21+,23+,24-/m1/s1. The fraction of sp³-hybridized carbons (Fsp3) is 0.481. The number of benzene rings is 1. The Morgan fingerprint density at radius 1 is 1.08 bits per heavy atom. The number of aryl methyl sites for hydroxylation is 1. The highest BCUT2D eigenvalue weighted by atomic mass is 16.3. The van der Waals surface area contributed by atoms with Gasteiger partial charge in [-0.25, -0.2) is 4.98 Å². The molecule has 2 aliphatic rings. The molecular weight excluding hydrogens is 482 g/mol. The largest absolute Gasteiger partial charge is 0.388 e. The Balaban J connectivity index is 1.30. The molecule has 0 unspecified atom stereocenters. The molecule has 200 valence electrons. The van der Waals surface area contributed by atoms with E-state index >= 15 is 0 Å². The number of nitrogens with zero attached hydrogens (tertiary/aromatic N) is 6. The zero-order chi connectivity index (χ0) is 26.1. The summed E-state index contributed by atoms with van der Waals surface area (Å²) in [5, 5.41) is 36.8. The van der Waals surface area contributed by atoms with Gasteiger partial charge < -0.3 is 30.7 Å². The second-order valence-electron chi connectivity index (χ2n) is 10.3. The molecule has 38 heavy (non-hydrogen) atoms. The van der Waals surface area contributed by atoms with Crippen molar-refractivity contribution in [1.82, 2.24) is 34.6 Å². The van der Waals surface area contributed by atoms with Crippen LogP contribution >= 0.6 is 0 Å². The van der Waals surface area contributed by atoms with Crippen molar-refractivity contribution in [2.24, 2.45) is 0 Å². The number of imidazole rings is 1. The first kappa shape index (κ1) is 24.8. The molecule has 4 aromatic rings. The number of hydrogen-bond acceptors (Lipinski definition) is 9. The highest BCUT2D eigenvalue weighted by Crippen LogP contribution is 2.40. The average Bonchev–Trinajstić information content (AvgIpc) is 3.74. The summed E-state index contributed by atoms with van der Waals surface area (Å²) < 4.78 is 3.66. The van der Waals surface area contributed by atoms with Crippen LogP contribution in [-0.2, 0) is 12.8 Å². The van der Waals surface area contributed by atoms with Crippen LogP contribution in [0.3, 0.4) is 0 Å². The highest BCUT2D eigenvalue weighted by molar-refractivity contribution is 5.84. The van der Waals surface area contributed by atoms with Crippen LogP contribution in [0.4, 0.5) is 11.8 Å². The maximum atomic E-state index is 11.1. The number of anilines is 2. The molecule has 4 heterocycles. The van der Waals surface area contributed by atoms with Crippen molar-refractivity contribution in [2.75, 3.05) is 30.3 Å². The first-order chi connectivity index (χ1) is 18.6. The van der Waals surface area contributed by atoms with Gasteiger partial charge in [-0.1, -0.05) is 37.3 Å². The van der Waals surface area contributed by atoms with Crippen LogP contribution < -0.4 is 16.0 Å². The summed E-state index contributed by atoms with van der Waals surface area (Å²) in [6.45, 7) is 4.58. The third-order valence-corrected chi connectivity index (χ3v) is 7.75. The molecule has 0 amide bonds. The molecule has 0 spiro atoms. The molecule has 1 saturated heterocycles. The number of fused-ring (bicyclic) bond motifs is 1. The number of rotatable bonds is 9. The first-order valence-corrected chi connectivity index (χ1v) is 13.5. The molecule has 1 aliphatic heterocycles. The summed E-state index contributed by atoms with van der Waals surface area (Å²) in [4.78, 5) is 14.3. The van der Waals surface area contributed by atoms with Crippen LogP contribution in [0.5, 0.6) is 0 Å². The van der Waals surface area contributed by atoms with E-state index in [1.165, 1.54) is 5.56 Å². The van der Waals surface area contributed by atoms with Crippen LogP contribution in [0.2, 0.25) is 0 Å². The van der Waals surface area contributed by atoms with E-state index in [2.05, 4.69) is 45.1 Å². The summed E-state index contributed by atoms with van der Waals surface area (Å²) in [7, 11) is 0. The fourth-order valence-electron chi connectivity index (χ4n) is 5.54. The predicted octanol–water partition coefficient (Wildman–Crippen LogP) is 1.92. The average molecular weight is 518 g/mol. The van der Waals surface area contributed by atoms with Crippen LogP contribution in [0.25, 0.3) is 11.2 Å². The summed E-state index contributed by atoms with van der Waals surface area (Å²) in [5.41, 5.74) is 3.61. The molecular formula is C27H35N9O2. The topological polar surface area (TPSA) is 138 Å². The molecule has 6 rings (SSSR count). The van der Waals surface area contributed by atoms with Gasteiger partial charge in [0.05, 0.1) is 24.6 Å². The van der Waals surface area contributed by atoms with Gasteiger partial charge in [-0.2, -0.15) is 15.1 Å². The van der Waals surface area contributed by atoms with E-state index in [-0.39, 0.29) is 12.1 Å². The number of aliphatic hydroxyl groups is 2. The van der Waals surface area contributed by atoms with E-state index in [1.807, 2.05) is 35.2 Å². The maximum Gasteiger partial charge on any atom is 0.227 e. The molecule has 1 aromatic carbocycles. The van der Waals surface area contributed by atoms with Crippen LogP contribution in [0.1, 0.15) is 43.0 Å². The third kappa shape index (κ3) is 4.84. The van der Waals surface area contributed by atoms with Crippen LogP contribution in [0.15, 0.2) is 49.1 Å². The Hall–Kier alpha value is -3.54. The summed E-state index contributed by atoms with van der Waals surface area (Å²) in [5.74, 6) is 1.18. The number of hydrogen-bond donors (Lipinski definition) is 5. The van der Waals surface area contributed by atoms with Gasteiger partial charge in [0.1, 0.15) is 12.2 Å². The van der Waals surface area contributed by atoms with Crippen LogP contribution in [-0.4, -0.2) is 77.4 Å². The van der Waals surface area contributed by atoms with Crippen molar-refractivity contribution in [3.05, 3.63) is 60.2 Å². The summed E-state index contributed by atoms with van der Waals surface area (Å²) in [6, 6.07) is 9.83. The van der Waals surface area contributed by atoms with E-state index in [1.54, 1.807) is 11.0 Å². The van der Waals surface area contributed by atoms with Gasteiger partial charge in [0.2, 0.25) is 5.95 Å². The highest BCUT2D eigenvalue weighted by Gasteiger charge is 2.44. The van der Waals surface area contributed by atoms with E-state index in [9.17, 15) is 10.2 Å². The van der Waals surface area contributed by atoms with Crippen molar-refractivity contribution in [3.63, 3.8) is 0 Å². The van der Waals surface area contributed by atoms with Crippen molar-refractivity contribution < 1.29 is 10.2 Å². The lowest BCUT2D eigenvalue weighted by molar-refractivity contribution is 0.00721. The van der Waals surface area contributed by atoms with E-state index in [0.717, 1.165) is 37.9 Å². The summed E-state index contributed by atoms with van der Waals surface area (Å²) in [6.07, 6.45) is 6.75. The fourth-order valence-corrected chi connectivity index (χ4v) is 5.54. The van der Waals surface area contributed by atoms with Gasteiger partial charge in [0, 0.05) is 25.3 Å². The van der Waals surface area contributed by atoms with Gasteiger partial charge in [0.15, 0.2) is 17.0 Å². The van der Waals surface area contributed by atoms with Gasteiger partial charge in [-0.3, -0.25) is 4.68 Å². The Morgan fingerprint density at radius 2 is 1.92 bits per heavy atom. The van der Waals surface area contributed by atoms with Crippen molar-refractivity contribution >= 4 is 22.9 Å². The molecule has 5 atom stereocenters. The van der Waals surface area contributed by atoms with Crippen molar-refractivity contribution in [1.29, 1.82) is 0 Å². The number of aromatic nitrogens is 6. The van der Waals surface area contributed by atoms with E-state index in [4.69, 9.17) is 9.97 Å². The Labute approximate surface area is 221 Å². The van der Waals surface area contributed by atoms with E-state index in [0.29, 0.717) is 35.9 Å². The minimum absolute atomic E-state index is 0.247. The monoisotopic (exact) mass is 517 g/mol. The van der Waals surface area contributed by atoms with Crippen molar-refractivity contribution in [2.45, 2.75) is 62.9 Å². The predicted molar refractivity (Wildman–Crippen MR) is 145 cm³/mol. The molecule has 11 nitrogen and oxygen atoms in total. The molecule has 2 fully saturated rings. The Bertz CT molecular complexity index is 1370. The Kier molecular flexibility index (Phi) is 6.96. The molecule has 11 heteroatoms. The van der Waals surface area contributed by atoms with Gasteiger partial charge >= 0.3 is 0 Å². The normalized spacial score (nSPS) is 25.3. The van der Waals surface area contributed by atoms with Gasteiger partial charge in [-0.15, -0.1) is 0 Å². The lowest BCUT2D eigenvalue weighted by atomic mass is 10.1. The minimum atomic E-state index is -0.980. The molecule has 5 N–H and O–H groups in total. The zero-order valence-electron chi connectivity index (χ0n) is 21.5. The lowest BCUT2D eigenvalue weighted by Gasteiger charge is -2.19. The molecule has 0 bridgehead atoms. The number of nitrogens with one attached hydrogen (secondary N) is 3. The quantitative estimate of drug-likeness (QED) is 0.225. The second kappa shape index (κ2) is 10.7. The maximum absolute atomic E-state index is 11.1.